The first-order chi connectivity index (χ1) is 5.11. The third kappa shape index (κ3) is 1.82. The maximum Gasteiger partial charge on any atom is 0.219 e. The number of amides is 1. The van der Waals surface area contributed by atoms with Crippen LogP contribution in [0.25, 0.3) is 0 Å². The first kappa shape index (κ1) is 8.31. The Morgan fingerprint density at radius 2 is 2.18 bits per heavy atom. The molecule has 0 saturated carbocycles. The van der Waals surface area contributed by atoms with Crippen LogP contribution < -0.4 is 0 Å². The van der Waals surface area contributed by atoms with Crippen LogP contribution in [0.3, 0.4) is 0 Å². The van der Waals surface area contributed by atoms with Gasteiger partial charge < -0.3 is 4.90 Å². The summed E-state index contributed by atoms with van der Waals surface area (Å²) in [6.45, 7) is 9.34. The summed E-state index contributed by atoms with van der Waals surface area (Å²) in [5.74, 6) is 0.729. The highest BCUT2D eigenvalue weighted by Crippen LogP contribution is 2.21. The normalized spacial score (nSPS) is 23.8. The van der Waals surface area contributed by atoms with Crippen molar-refractivity contribution in [2.45, 2.75) is 20.3 Å². The Morgan fingerprint density at radius 1 is 1.55 bits per heavy atom. The van der Waals surface area contributed by atoms with Crippen molar-refractivity contribution in [1.82, 2.24) is 4.90 Å². The van der Waals surface area contributed by atoms with Crippen LogP contribution in [0.15, 0.2) is 12.2 Å². The van der Waals surface area contributed by atoms with Gasteiger partial charge in [0, 0.05) is 20.0 Å². The molecule has 0 spiro atoms. The smallest absolute Gasteiger partial charge is 0.219 e. The lowest BCUT2D eigenvalue weighted by Gasteiger charge is -2.13. The molecule has 0 N–H and O–H groups in total. The lowest BCUT2D eigenvalue weighted by Crippen LogP contribution is -2.25. The van der Waals surface area contributed by atoms with Gasteiger partial charge in [0.1, 0.15) is 0 Å². The molecule has 0 aromatic rings. The number of carbonyl (C=O) groups excluding carboxylic acids is 1. The van der Waals surface area contributed by atoms with Crippen molar-refractivity contribution in [3.8, 4) is 0 Å². The monoisotopic (exact) mass is 153 g/mol. The summed E-state index contributed by atoms with van der Waals surface area (Å²) in [4.78, 5) is 12.8. The summed E-state index contributed by atoms with van der Waals surface area (Å²) in [5, 5.41) is 0. The topological polar surface area (TPSA) is 20.3 Å². The maximum atomic E-state index is 10.9. The van der Waals surface area contributed by atoms with E-state index in [1.807, 2.05) is 11.8 Å². The zero-order valence-corrected chi connectivity index (χ0v) is 7.26. The van der Waals surface area contributed by atoms with Crippen LogP contribution in [-0.2, 0) is 4.79 Å². The highest BCUT2D eigenvalue weighted by atomic mass is 16.2. The van der Waals surface area contributed by atoms with Crippen molar-refractivity contribution in [1.29, 1.82) is 0 Å². The van der Waals surface area contributed by atoms with Crippen molar-refractivity contribution in [3.05, 3.63) is 12.2 Å². The molecular formula is C9H15NO. The number of likely N-dealkylation sites (tertiary alicyclic amines) is 1. The molecule has 0 radical (unpaired) electrons. The van der Waals surface area contributed by atoms with Gasteiger partial charge >= 0.3 is 0 Å². The Labute approximate surface area is 67.9 Å². The maximum absolute atomic E-state index is 10.9. The molecule has 1 saturated heterocycles. The second-order valence-corrected chi connectivity index (χ2v) is 3.30. The fourth-order valence-electron chi connectivity index (χ4n) is 1.45. The Kier molecular flexibility index (Phi) is 2.32. The van der Waals surface area contributed by atoms with Crippen LogP contribution in [-0.4, -0.2) is 23.9 Å². The molecule has 62 valence electrons. The van der Waals surface area contributed by atoms with Gasteiger partial charge in [0.2, 0.25) is 5.91 Å². The number of rotatable bonds is 1. The van der Waals surface area contributed by atoms with Crippen molar-refractivity contribution >= 4 is 5.91 Å². The molecule has 1 unspecified atom stereocenters. The van der Waals surface area contributed by atoms with Gasteiger partial charge in [0.25, 0.3) is 0 Å². The van der Waals surface area contributed by atoms with Crippen LogP contribution in [0.5, 0.6) is 0 Å². The Morgan fingerprint density at radius 3 is 2.45 bits per heavy atom. The number of hydrogen-bond acceptors (Lipinski definition) is 1. The summed E-state index contributed by atoms with van der Waals surface area (Å²) in [6.07, 6.45) is 1.09. The molecule has 2 nitrogen and oxygen atoms in total. The molecule has 0 bridgehead atoms. The van der Waals surface area contributed by atoms with E-state index < -0.39 is 0 Å². The van der Waals surface area contributed by atoms with Gasteiger partial charge in [-0.05, 0) is 19.3 Å². The van der Waals surface area contributed by atoms with Gasteiger partial charge in [-0.15, -0.1) is 0 Å². The van der Waals surface area contributed by atoms with Gasteiger partial charge in [-0.3, -0.25) is 4.79 Å². The lowest BCUT2D eigenvalue weighted by molar-refractivity contribution is -0.127. The van der Waals surface area contributed by atoms with Crippen LogP contribution in [0.2, 0.25) is 0 Å². The van der Waals surface area contributed by atoms with Gasteiger partial charge in [0.05, 0.1) is 0 Å². The molecule has 11 heavy (non-hydrogen) atoms. The summed E-state index contributed by atoms with van der Waals surface area (Å²) < 4.78 is 0. The molecule has 0 aromatic carbocycles. The van der Waals surface area contributed by atoms with Crippen LogP contribution in [0.1, 0.15) is 20.3 Å². The molecule has 2 heteroatoms. The number of hydrogen-bond donors (Lipinski definition) is 0. The fourth-order valence-corrected chi connectivity index (χ4v) is 1.45. The van der Waals surface area contributed by atoms with Gasteiger partial charge in [-0.25, -0.2) is 0 Å². The van der Waals surface area contributed by atoms with E-state index in [9.17, 15) is 4.79 Å². The van der Waals surface area contributed by atoms with Crippen molar-refractivity contribution in [2.75, 3.05) is 13.1 Å². The minimum absolute atomic E-state index is 0.189. The molecule has 1 fully saturated rings. The molecule has 1 atom stereocenters. The van der Waals surface area contributed by atoms with Gasteiger partial charge in [-0.1, -0.05) is 12.2 Å². The van der Waals surface area contributed by atoms with Gasteiger partial charge in [-0.2, -0.15) is 0 Å². The van der Waals surface area contributed by atoms with E-state index in [4.69, 9.17) is 0 Å². The second kappa shape index (κ2) is 3.07. The molecule has 1 rings (SSSR count). The van der Waals surface area contributed by atoms with E-state index in [2.05, 4.69) is 6.58 Å². The van der Waals surface area contributed by atoms with Crippen LogP contribution in [0, 0.1) is 5.92 Å². The van der Waals surface area contributed by atoms with Crippen LogP contribution in [0.4, 0.5) is 0 Å². The van der Waals surface area contributed by atoms with E-state index in [1.54, 1.807) is 6.92 Å². The quantitative estimate of drug-likeness (QED) is 0.522. The van der Waals surface area contributed by atoms with Gasteiger partial charge in [0.15, 0.2) is 0 Å². The SMILES string of the molecule is C=C(C)C1CCN(C(C)=O)C1. The molecule has 1 amide bonds. The summed E-state index contributed by atoms with van der Waals surface area (Å²) in [7, 11) is 0. The Bertz CT molecular complexity index is 166. The standard InChI is InChI=1S/C9H15NO/c1-7(2)9-4-5-10(6-9)8(3)11/h9H,1,4-6H2,2-3H3. The first-order valence-corrected chi connectivity index (χ1v) is 4.02. The molecule has 1 aliphatic rings. The molecule has 0 aliphatic carbocycles. The summed E-state index contributed by atoms with van der Waals surface area (Å²) in [5.41, 5.74) is 1.20. The average molecular weight is 153 g/mol. The lowest BCUT2D eigenvalue weighted by atomic mass is 10.0. The molecule has 0 aromatic heterocycles. The summed E-state index contributed by atoms with van der Waals surface area (Å²) >= 11 is 0. The zero-order valence-electron chi connectivity index (χ0n) is 7.26. The van der Waals surface area contributed by atoms with Crippen LogP contribution >= 0.6 is 0 Å². The number of nitrogens with zero attached hydrogens (tertiary/aromatic N) is 1. The molecule has 1 aliphatic heterocycles. The minimum atomic E-state index is 0.189. The highest BCUT2D eigenvalue weighted by Gasteiger charge is 2.23. The van der Waals surface area contributed by atoms with E-state index in [-0.39, 0.29) is 5.91 Å². The van der Waals surface area contributed by atoms with E-state index in [1.165, 1.54) is 5.57 Å². The fraction of sp³-hybridized carbons (Fsp3) is 0.667. The van der Waals surface area contributed by atoms with E-state index >= 15 is 0 Å². The summed E-state index contributed by atoms with van der Waals surface area (Å²) in [6, 6.07) is 0. The van der Waals surface area contributed by atoms with E-state index in [0.717, 1.165) is 19.5 Å². The first-order valence-electron chi connectivity index (χ1n) is 4.02. The molecule has 1 heterocycles. The van der Waals surface area contributed by atoms with Crippen molar-refractivity contribution in [2.24, 2.45) is 5.92 Å². The van der Waals surface area contributed by atoms with Crippen molar-refractivity contribution < 1.29 is 4.79 Å². The highest BCUT2D eigenvalue weighted by molar-refractivity contribution is 5.73. The third-order valence-corrected chi connectivity index (χ3v) is 2.33. The zero-order chi connectivity index (χ0) is 8.43. The van der Waals surface area contributed by atoms with Crippen molar-refractivity contribution in [3.63, 3.8) is 0 Å². The Hall–Kier alpha value is -0.790. The third-order valence-electron chi connectivity index (χ3n) is 2.33. The predicted octanol–water partition coefficient (Wildman–Crippen LogP) is 1.43. The Balaban J connectivity index is 2.47. The predicted molar refractivity (Wildman–Crippen MR) is 45.2 cm³/mol. The minimum Gasteiger partial charge on any atom is -0.342 e. The number of carbonyl (C=O) groups is 1. The largest absolute Gasteiger partial charge is 0.342 e. The molecular weight excluding hydrogens is 138 g/mol. The second-order valence-electron chi connectivity index (χ2n) is 3.30. The van der Waals surface area contributed by atoms with E-state index in [0.29, 0.717) is 5.92 Å². The average Bonchev–Trinajstić information content (AvgIpc) is 2.33.